The molecule has 2 aromatic rings. The Bertz CT molecular complexity index is 835. The van der Waals surface area contributed by atoms with Crippen LogP contribution in [-0.4, -0.2) is 34.7 Å². The van der Waals surface area contributed by atoms with Crippen LogP contribution in [0.1, 0.15) is 28.7 Å². The molecule has 8 nitrogen and oxygen atoms in total. The highest BCUT2D eigenvalue weighted by molar-refractivity contribution is 6.05. The van der Waals surface area contributed by atoms with Crippen LogP contribution in [0.25, 0.3) is 0 Å². The van der Waals surface area contributed by atoms with E-state index in [1.165, 1.54) is 0 Å². The van der Waals surface area contributed by atoms with E-state index in [9.17, 15) is 9.59 Å². The molecule has 4 N–H and O–H groups in total. The number of carbonyl (C=O) groups excluding carboxylic acids is 2. The summed E-state index contributed by atoms with van der Waals surface area (Å²) in [5.74, 6) is 0.0902. The van der Waals surface area contributed by atoms with Gasteiger partial charge in [-0.3, -0.25) is 14.7 Å². The number of hydrogen-bond acceptors (Lipinski definition) is 5. The number of nitrogens with one attached hydrogen (secondary N) is 4. The highest BCUT2D eigenvalue weighted by atomic mass is 35.5. The minimum atomic E-state index is -0.527. The van der Waals surface area contributed by atoms with Gasteiger partial charge in [-0.15, -0.1) is 12.4 Å². The molecule has 0 bridgehead atoms. The first-order valence-corrected chi connectivity index (χ1v) is 7.81. The normalized spacial score (nSPS) is 18.1. The number of anilines is 2. The number of halogens is 1. The van der Waals surface area contributed by atoms with Gasteiger partial charge in [0.05, 0.1) is 5.69 Å². The van der Waals surface area contributed by atoms with Crippen LogP contribution < -0.4 is 20.7 Å². The number of H-pyrrole nitrogens is 1. The van der Waals surface area contributed by atoms with Gasteiger partial charge in [0.25, 0.3) is 11.8 Å². The van der Waals surface area contributed by atoms with E-state index in [-0.39, 0.29) is 24.2 Å². The van der Waals surface area contributed by atoms with Gasteiger partial charge in [0.15, 0.2) is 11.8 Å². The van der Waals surface area contributed by atoms with Gasteiger partial charge < -0.3 is 20.7 Å². The largest absolute Gasteiger partial charge is 0.479 e. The molecule has 4 rings (SSSR count). The average Bonchev–Trinajstić information content (AvgIpc) is 3.00. The van der Waals surface area contributed by atoms with Crippen molar-refractivity contribution in [2.24, 2.45) is 0 Å². The lowest BCUT2D eigenvalue weighted by atomic mass is 10.1. The zero-order valence-corrected chi connectivity index (χ0v) is 14.3. The van der Waals surface area contributed by atoms with Gasteiger partial charge in [0, 0.05) is 36.5 Å². The molecular formula is C16H18ClN5O3. The second-order valence-corrected chi connectivity index (χ2v) is 5.87. The fourth-order valence-electron chi connectivity index (χ4n) is 2.89. The Labute approximate surface area is 150 Å². The van der Waals surface area contributed by atoms with Crippen molar-refractivity contribution in [2.75, 3.05) is 17.2 Å². The van der Waals surface area contributed by atoms with E-state index in [1.807, 2.05) is 0 Å². The lowest BCUT2D eigenvalue weighted by molar-refractivity contribution is -0.122. The molecule has 0 fully saturated rings. The molecule has 1 aromatic carbocycles. The van der Waals surface area contributed by atoms with Crippen molar-refractivity contribution in [2.45, 2.75) is 26.0 Å². The third kappa shape index (κ3) is 3.18. The van der Waals surface area contributed by atoms with Crippen molar-refractivity contribution >= 4 is 35.6 Å². The van der Waals surface area contributed by atoms with Gasteiger partial charge in [-0.25, -0.2) is 0 Å². The summed E-state index contributed by atoms with van der Waals surface area (Å²) in [6, 6.07) is 5.13. The number of amides is 2. The number of benzene rings is 1. The fraction of sp³-hybridized carbons (Fsp3) is 0.312. The van der Waals surface area contributed by atoms with Gasteiger partial charge in [-0.2, -0.15) is 5.10 Å². The van der Waals surface area contributed by atoms with E-state index in [0.717, 1.165) is 24.2 Å². The minimum absolute atomic E-state index is 0. The topological polar surface area (TPSA) is 108 Å². The summed E-state index contributed by atoms with van der Waals surface area (Å²) in [4.78, 5) is 24.2. The van der Waals surface area contributed by atoms with Crippen LogP contribution >= 0.6 is 12.4 Å². The maximum absolute atomic E-state index is 12.5. The predicted octanol–water partition coefficient (Wildman–Crippen LogP) is 1.45. The lowest BCUT2D eigenvalue weighted by Gasteiger charge is -2.23. The van der Waals surface area contributed by atoms with Gasteiger partial charge in [0.1, 0.15) is 5.75 Å². The van der Waals surface area contributed by atoms with Crippen molar-refractivity contribution in [3.63, 3.8) is 0 Å². The summed E-state index contributed by atoms with van der Waals surface area (Å²) < 4.78 is 5.50. The van der Waals surface area contributed by atoms with Crippen molar-refractivity contribution in [1.82, 2.24) is 15.5 Å². The first-order valence-electron chi connectivity index (χ1n) is 7.81. The zero-order valence-electron chi connectivity index (χ0n) is 13.5. The maximum Gasteiger partial charge on any atom is 0.276 e. The second-order valence-electron chi connectivity index (χ2n) is 5.87. The van der Waals surface area contributed by atoms with Crippen molar-refractivity contribution < 1.29 is 14.3 Å². The Morgan fingerprint density at radius 1 is 1.40 bits per heavy atom. The van der Waals surface area contributed by atoms with E-state index >= 15 is 0 Å². The Morgan fingerprint density at radius 2 is 2.24 bits per heavy atom. The summed E-state index contributed by atoms with van der Waals surface area (Å²) >= 11 is 0. The lowest BCUT2D eigenvalue weighted by Crippen LogP contribution is -2.34. The quantitative estimate of drug-likeness (QED) is 0.646. The zero-order chi connectivity index (χ0) is 16.7. The van der Waals surface area contributed by atoms with Crippen LogP contribution in [-0.2, 0) is 17.8 Å². The van der Waals surface area contributed by atoms with E-state index in [0.29, 0.717) is 29.4 Å². The Balaban J connectivity index is 0.00000182. The summed E-state index contributed by atoms with van der Waals surface area (Å²) in [6.45, 7) is 3.18. The first-order chi connectivity index (χ1) is 11.6. The molecule has 25 heavy (non-hydrogen) atoms. The monoisotopic (exact) mass is 363 g/mol. The molecule has 9 heteroatoms. The number of ether oxygens (including phenoxy) is 1. The summed E-state index contributed by atoms with van der Waals surface area (Å²) in [7, 11) is 0. The number of nitrogens with zero attached hydrogens (tertiary/aromatic N) is 1. The van der Waals surface area contributed by atoms with Crippen molar-refractivity contribution in [3.05, 3.63) is 35.2 Å². The first kappa shape index (κ1) is 17.2. The van der Waals surface area contributed by atoms with Gasteiger partial charge in [0.2, 0.25) is 0 Å². The second kappa shape index (κ2) is 6.73. The number of hydrogen-bond donors (Lipinski definition) is 4. The van der Waals surface area contributed by atoms with E-state index < -0.39 is 6.10 Å². The molecule has 1 atom stereocenters. The van der Waals surface area contributed by atoms with Crippen LogP contribution in [0.15, 0.2) is 18.2 Å². The fourth-order valence-corrected chi connectivity index (χ4v) is 2.89. The van der Waals surface area contributed by atoms with Crippen LogP contribution in [0.2, 0.25) is 0 Å². The standard InChI is InChI=1S/C16H17N5O3.ClH/c1-8-15(22)19-12-6-9(2-3-13(12)24-8)18-16(23)14-10-7-17-5-4-11(10)20-21-14;/h2-3,6,8,17H,4-5,7H2,1H3,(H,18,23)(H,19,22)(H,20,21);1H. The highest BCUT2D eigenvalue weighted by Crippen LogP contribution is 2.32. The molecule has 0 saturated carbocycles. The molecule has 0 aliphatic carbocycles. The van der Waals surface area contributed by atoms with Gasteiger partial charge in [-0.1, -0.05) is 0 Å². The smallest absolute Gasteiger partial charge is 0.276 e. The van der Waals surface area contributed by atoms with Gasteiger partial charge >= 0.3 is 0 Å². The SMILES string of the molecule is CC1Oc2ccc(NC(=O)c3n[nH]c4c3CNCC4)cc2NC1=O.Cl. The van der Waals surface area contributed by atoms with Crippen molar-refractivity contribution in [3.8, 4) is 5.75 Å². The summed E-state index contributed by atoms with van der Waals surface area (Å²) in [6.07, 6.45) is 0.303. The third-order valence-electron chi connectivity index (χ3n) is 4.19. The molecule has 0 spiro atoms. The molecule has 2 aliphatic heterocycles. The third-order valence-corrected chi connectivity index (χ3v) is 4.19. The molecular weight excluding hydrogens is 346 g/mol. The van der Waals surface area contributed by atoms with Crippen LogP contribution in [0.5, 0.6) is 5.75 Å². The van der Waals surface area contributed by atoms with E-state index in [4.69, 9.17) is 4.74 Å². The molecule has 1 unspecified atom stereocenters. The molecule has 2 amide bonds. The summed E-state index contributed by atoms with van der Waals surface area (Å²) in [5.41, 5.74) is 3.41. The number of aromatic nitrogens is 2. The Kier molecular flexibility index (Phi) is 4.65. The highest BCUT2D eigenvalue weighted by Gasteiger charge is 2.25. The predicted molar refractivity (Wildman–Crippen MR) is 94.4 cm³/mol. The maximum atomic E-state index is 12.5. The molecule has 1 aromatic heterocycles. The Morgan fingerprint density at radius 3 is 3.08 bits per heavy atom. The van der Waals surface area contributed by atoms with Crippen LogP contribution in [0.4, 0.5) is 11.4 Å². The number of carbonyl (C=O) groups is 2. The molecule has 3 heterocycles. The number of fused-ring (bicyclic) bond motifs is 2. The van der Waals surface area contributed by atoms with Crippen molar-refractivity contribution in [1.29, 1.82) is 0 Å². The summed E-state index contributed by atoms with van der Waals surface area (Å²) in [5, 5.41) is 15.9. The number of rotatable bonds is 2. The minimum Gasteiger partial charge on any atom is -0.479 e. The van der Waals surface area contributed by atoms with Crippen LogP contribution in [0.3, 0.4) is 0 Å². The molecule has 0 radical (unpaired) electrons. The van der Waals surface area contributed by atoms with E-state index in [2.05, 4.69) is 26.1 Å². The molecule has 0 saturated heterocycles. The Hall–Kier alpha value is -2.58. The van der Waals surface area contributed by atoms with Crippen LogP contribution in [0, 0.1) is 0 Å². The van der Waals surface area contributed by atoms with Gasteiger partial charge in [-0.05, 0) is 25.1 Å². The van der Waals surface area contributed by atoms with E-state index in [1.54, 1.807) is 25.1 Å². The average molecular weight is 364 g/mol. The molecule has 132 valence electrons. The number of aromatic amines is 1. The molecule has 2 aliphatic rings.